The average molecular weight is 554 g/mol. The van der Waals surface area contributed by atoms with Gasteiger partial charge in [0.25, 0.3) is 0 Å². The van der Waals surface area contributed by atoms with Gasteiger partial charge in [0.1, 0.15) is 29.0 Å². The average Bonchev–Trinajstić information content (AvgIpc) is 3.65. The van der Waals surface area contributed by atoms with Crippen molar-refractivity contribution in [2.24, 2.45) is 0 Å². The van der Waals surface area contributed by atoms with E-state index in [9.17, 15) is 19.2 Å². The van der Waals surface area contributed by atoms with Gasteiger partial charge in [-0.2, -0.15) is 0 Å². The first-order valence-electron chi connectivity index (χ1n) is 13.2. The molecule has 4 unspecified atom stereocenters. The van der Waals surface area contributed by atoms with Crippen molar-refractivity contribution in [3.8, 4) is 5.75 Å². The quantitative estimate of drug-likeness (QED) is 0.344. The predicted molar refractivity (Wildman–Crippen MR) is 149 cm³/mol. The summed E-state index contributed by atoms with van der Waals surface area (Å²) >= 11 is 0. The van der Waals surface area contributed by atoms with Crippen molar-refractivity contribution < 1.29 is 33.4 Å². The Bertz CT molecular complexity index is 1190. The molecule has 3 amide bonds. The number of amides is 3. The Hall–Kier alpha value is -3.92. The summed E-state index contributed by atoms with van der Waals surface area (Å²) in [6.07, 6.45) is -0.345. The summed E-state index contributed by atoms with van der Waals surface area (Å²) in [5.41, 5.74) is -0.0548. The number of methoxy groups -OCH3 is 1. The molecule has 1 saturated heterocycles. The normalized spacial score (nSPS) is 18.4. The van der Waals surface area contributed by atoms with Crippen LogP contribution in [0.15, 0.2) is 54.6 Å². The van der Waals surface area contributed by atoms with Crippen LogP contribution in [0.3, 0.4) is 0 Å². The first-order chi connectivity index (χ1) is 18.8. The van der Waals surface area contributed by atoms with Gasteiger partial charge in [-0.15, -0.1) is 0 Å². The van der Waals surface area contributed by atoms with E-state index in [1.54, 1.807) is 59.1 Å². The van der Waals surface area contributed by atoms with Gasteiger partial charge in [-0.1, -0.05) is 42.5 Å². The van der Waals surface area contributed by atoms with Crippen LogP contribution in [0.1, 0.15) is 45.7 Å². The van der Waals surface area contributed by atoms with Gasteiger partial charge in [-0.25, -0.2) is 4.79 Å². The minimum absolute atomic E-state index is 0.140. The number of nitrogens with one attached hydrogen (secondary N) is 3. The van der Waals surface area contributed by atoms with Gasteiger partial charge < -0.3 is 30.2 Å². The zero-order valence-electron chi connectivity index (χ0n) is 23.9. The topological polar surface area (TPSA) is 135 Å². The first-order valence-corrected chi connectivity index (χ1v) is 13.2. The fraction of sp³-hybridized carbons (Fsp3) is 0.467. The maximum absolute atomic E-state index is 13.6. The molecule has 3 rings (SSSR count). The number of Topliss-reactive ketones (excluding diaryl/α,β-unsaturated/α-hetero) is 1. The van der Waals surface area contributed by atoms with Crippen LogP contribution in [0.5, 0.6) is 5.75 Å². The van der Waals surface area contributed by atoms with E-state index in [0.717, 1.165) is 11.1 Å². The van der Waals surface area contributed by atoms with E-state index in [0.29, 0.717) is 5.75 Å². The van der Waals surface area contributed by atoms with Crippen molar-refractivity contribution in [3.05, 3.63) is 65.7 Å². The maximum atomic E-state index is 13.6. The van der Waals surface area contributed by atoms with Gasteiger partial charge in [0.15, 0.2) is 5.78 Å². The third-order valence-corrected chi connectivity index (χ3v) is 6.37. The second kappa shape index (κ2) is 13.0. The van der Waals surface area contributed by atoms with Crippen molar-refractivity contribution in [2.45, 2.75) is 76.8 Å². The summed E-state index contributed by atoms with van der Waals surface area (Å²) in [7, 11) is 1.55. The standard InChI is InChI=1S/C30H39N3O7/c1-19(31-28(37)40-29(2,3)4)26(35)33-24(17-21-12-14-22(38-6)15-13-21)27(36)32-23(25(34)30(5)18-39-30)16-20-10-8-7-9-11-20/h7-15,19,23-24H,16-18H2,1-6H3,(H,31,37)(H,32,36)(H,33,35). The third kappa shape index (κ3) is 9.08. The van der Waals surface area contributed by atoms with E-state index in [-0.39, 0.29) is 25.2 Å². The van der Waals surface area contributed by atoms with Crippen LogP contribution in [-0.2, 0) is 36.7 Å². The SMILES string of the molecule is COc1ccc(CC(NC(=O)C(C)NC(=O)OC(C)(C)C)C(=O)NC(Cc2ccccc2)C(=O)C2(C)CO2)cc1. The Morgan fingerprint density at radius 2 is 1.43 bits per heavy atom. The Balaban J connectivity index is 1.79. The van der Waals surface area contributed by atoms with Crippen molar-refractivity contribution >= 4 is 23.7 Å². The Morgan fingerprint density at radius 1 is 0.875 bits per heavy atom. The van der Waals surface area contributed by atoms with E-state index in [1.165, 1.54) is 6.92 Å². The van der Waals surface area contributed by atoms with Crippen molar-refractivity contribution in [1.29, 1.82) is 0 Å². The number of ketones is 1. The Labute approximate surface area is 235 Å². The van der Waals surface area contributed by atoms with E-state index in [1.807, 2.05) is 30.3 Å². The number of carbonyl (C=O) groups is 4. The highest BCUT2D eigenvalue weighted by Crippen LogP contribution is 2.29. The van der Waals surface area contributed by atoms with Crippen molar-refractivity contribution in [1.82, 2.24) is 16.0 Å². The number of benzene rings is 2. The summed E-state index contributed by atoms with van der Waals surface area (Å²) in [4.78, 5) is 52.2. The van der Waals surface area contributed by atoms with E-state index in [2.05, 4.69) is 16.0 Å². The summed E-state index contributed by atoms with van der Waals surface area (Å²) in [5.74, 6) is -0.704. The second-order valence-electron chi connectivity index (χ2n) is 11.1. The van der Waals surface area contributed by atoms with Gasteiger partial charge in [0.2, 0.25) is 11.8 Å². The van der Waals surface area contributed by atoms with E-state index >= 15 is 0 Å². The molecule has 3 N–H and O–H groups in total. The number of hydrogen-bond donors (Lipinski definition) is 3. The molecule has 1 heterocycles. The smallest absolute Gasteiger partial charge is 0.408 e. The molecule has 1 aliphatic rings. The molecule has 0 spiro atoms. The molecule has 0 aromatic heterocycles. The number of rotatable bonds is 12. The number of carbonyl (C=O) groups excluding carboxylic acids is 4. The molecule has 4 atom stereocenters. The fourth-order valence-corrected chi connectivity index (χ4v) is 4.00. The summed E-state index contributed by atoms with van der Waals surface area (Å²) in [6, 6.07) is 13.6. The molecule has 0 aliphatic carbocycles. The van der Waals surface area contributed by atoms with Gasteiger partial charge in [0.05, 0.1) is 19.8 Å². The number of hydrogen-bond acceptors (Lipinski definition) is 7. The lowest BCUT2D eigenvalue weighted by atomic mass is 9.94. The summed E-state index contributed by atoms with van der Waals surface area (Å²) < 4.78 is 15.8. The molecule has 10 heteroatoms. The van der Waals surface area contributed by atoms with Gasteiger partial charge >= 0.3 is 6.09 Å². The summed E-state index contributed by atoms with van der Waals surface area (Å²) in [6.45, 7) is 8.62. The monoisotopic (exact) mass is 553 g/mol. The van der Waals surface area contributed by atoms with Crippen LogP contribution in [0, 0.1) is 0 Å². The van der Waals surface area contributed by atoms with Crippen LogP contribution in [0.4, 0.5) is 4.79 Å². The van der Waals surface area contributed by atoms with Gasteiger partial charge in [0, 0.05) is 6.42 Å². The molecule has 1 fully saturated rings. The molecule has 1 aliphatic heterocycles. The lowest BCUT2D eigenvalue weighted by Crippen LogP contribution is -2.57. The fourth-order valence-electron chi connectivity index (χ4n) is 4.00. The molecular weight excluding hydrogens is 514 g/mol. The Morgan fingerprint density at radius 3 is 1.98 bits per heavy atom. The van der Waals surface area contributed by atoms with Gasteiger partial charge in [-0.3, -0.25) is 14.4 Å². The largest absolute Gasteiger partial charge is 0.497 e. The molecular formula is C30H39N3O7. The molecule has 0 saturated carbocycles. The van der Waals surface area contributed by atoms with Crippen LogP contribution >= 0.6 is 0 Å². The number of alkyl carbamates (subject to hydrolysis) is 1. The zero-order chi connectivity index (χ0) is 29.5. The molecule has 216 valence electrons. The Kier molecular flexibility index (Phi) is 9.92. The maximum Gasteiger partial charge on any atom is 0.408 e. The van der Waals surface area contributed by atoms with Crippen LogP contribution in [-0.4, -0.2) is 66.7 Å². The van der Waals surface area contributed by atoms with Crippen molar-refractivity contribution in [2.75, 3.05) is 13.7 Å². The third-order valence-electron chi connectivity index (χ3n) is 6.37. The molecule has 10 nitrogen and oxygen atoms in total. The van der Waals surface area contributed by atoms with Crippen LogP contribution in [0.2, 0.25) is 0 Å². The zero-order valence-corrected chi connectivity index (χ0v) is 23.9. The molecule has 0 bridgehead atoms. The lowest BCUT2D eigenvalue weighted by molar-refractivity contribution is -0.133. The summed E-state index contributed by atoms with van der Waals surface area (Å²) in [5, 5.41) is 8.07. The minimum Gasteiger partial charge on any atom is -0.497 e. The molecule has 40 heavy (non-hydrogen) atoms. The second-order valence-corrected chi connectivity index (χ2v) is 11.1. The first kappa shape index (κ1) is 30.6. The highest BCUT2D eigenvalue weighted by atomic mass is 16.6. The predicted octanol–water partition coefficient (Wildman–Crippen LogP) is 2.72. The van der Waals surface area contributed by atoms with E-state index < -0.39 is 47.2 Å². The van der Waals surface area contributed by atoms with Crippen LogP contribution < -0.4 is 20.7 Å². The number of ether oxygens (including phenoxy) is 3. The molecule has 0 radical (unpaired) electrons. The minimum atomic E-state index is -1.04. The number of epoxide rings is 1. The highest BCUT2D eigenvalue weighted by Gasteiger charge is 2.50. The molecule has 2 aromatic rings. The van der Waals surface area contributed by atoms with E-state index in [4.69, 9.17) is 14.2 Å². The molecule has 2 aromatic carbocycles. The van der Waals surface area contributed by atoms with Crippen LogP contribution in [0.25, 0.3) is 0 Å². The van der Waals surface area contributed by atoms with Gasteiger partial charge in [-0.05, 0) is 64.3 Å². The highest BCUT2D eigenvalue weighted by molar-refractivity contribution is 5.98. The van der Waals surface area contributed by atoms with Crippen molar-refractivity contribution in [3.63, 3.8) is 0 Å². The lowest BCUT2D eigenvalue weighted by Gasteiger charge is -2.26.